The lowest BCUT2D eigenvalue weighted by Gasteiger charge is -2.43. The van der Waals surface area contributed by atoms with Gasteiger partial charge in [-0.15, -0.1) is 0 Å². The summed E-state index contributed by atoms with van der Waals surface area (Å²) in [5, 5.41) is 8.86. The van der Waals surface area contributed by atoms with Gasteiger partial charge in [0.25, 0.3) is 0 Å². The summed E-state index contributed by atoms with van der Waals surface area (Å²) in [6.07, 6.45) is 3.66. The molecule has 2 heterocycles. The Hall–Kier alpha value is -1.30. The number of nitrogens with zero attached hydrogens (tertiary/aromatic N) is 2. The maximum atomic E-state index is 12.7. The number of rotatable bonds is 3. The molecule has 0 aliphatic carbocycles. The molecule has 2 fully saturated rings. The van der Waals surface area contributed by atoms with Crippen molar-refractivity contribution in [3.8, 4) is 0 Å². The smallest absolute Gasteiger partial charge is 0.320 e. The second-order valence-electron chi connectivity index (χ2n) is 6.59. The highest BCUT2D eigenvalue weighted by Gasteiger charge is 2.35. The molecule has 2 rings (SSSR count). The van der Waals surface area contributed by atoms with E-state index >= 15 is 0 Å². The molecule has 0 aromatic rings. The van der Waals surface area contributed by atoms with Gasteiger partial charge in [0, 0.05) is 25.6 Å². The van der Waals surface area contributed by atoms with E-state index in [2.05, 4.69) is 0 Å². The zero-order chi connectivity index (χ0) is 15.5. The lowest BCUT2D eigenvalue weighted by Crippen LogP contribution is -2.57. The predicted molar refractivity (Wildman–Crippen MR) is 78.2 cm³/mol. The first-order valence-corrected chi connectivity index (χ1v) is 7.80. The van der Waals surface area contributed by atoms with E-state index < -0.39 is 5.97 Å². The van der Waals surface area contributed by atoms with Crippen LogP contribution < -0.4 is 0 Å². The number of amides is 2. The molecule has 0 aromatic carbocycles. The molecule has 1 N–H and O–H groups in total. The average molecular weight is 298 g/mol. The number of carboxylic acid groups (broad SMARTS) is 1. The summed E-state index contributed by atoms with van der Waals surface area (Å²) in [5.74, 6) is -0.791. The van der Waals surface area contributed by atoms with Gasteiger partial charge in [0.05, 0.1) is 18.8 Å². The van der Waals surface area contributed by atoms with Gasteiger partial charge in [-0.05, 0) is 39.5 Å². The Balaban J connectivity index is 1.99. The van der Waals surface area contributed by atoms with Crippen LogP contribution >= 0.6 is 0 Å². The molecule has 21 heavy (non-hydrogen) atoms. The molecule has 2 aliphatic rings. The zero-order valence-corrected chi connectivity index (χ0v) is 13.0. The highest BCUT2D eigenvalue weighted by Crippen LogP contribution is 2.24. The molecular formula is C15H26N2O4. The van der Waals surface area contributed by atoms with Crippen LogP contribution in [0.3, 0.4) is 0 Å². The Morgan fingerprint density at radius 1 is 1.29 bits per heavy atom. The number of carboxylic acids is 1. The van der Waals surface area contributed by atoms with Gasteiger partial charge in [-0.1, -0.05) is 0 Å². The minimum absolute atomic E-state index is 0.0430. The third kappa shape index (κ3) is 4.33. The number of carbonyl (C=O) groups is 2. The standard InChI is InChI=1S/C15H26N2O4/c1-15(2)11-16(9-10-21-15)14(20)17-8-4-3-5-12(17)6-7-13(18)19/h12H,3-11H2,1-2H3,(H,18,19). The van der Waals surface area contributed by atoms with Crippen LogP contribution in [0.4, 0.5) is 4.79 Å². The highest BCUT2D eigenvalue weighted by molar-refractivity contribution is 5.75. The Bertz CT molecular complexity index is 397. The van der Waals surface area contributed by atoms with E-state index in [-0.39, 0.29) is 24.1 Å². The van der Waals surface area contributed by atoms with Gasteiger partial charge in [-0.2, -0.15) is 0 Å². The van der Waals surface area contributed by atoms with E-state index in [9.17, 15) is 9.59 Å². The fourth-order valence-corrected chi connectivity index (χ4v) is 3.20. The van der Waals surface area contributed by atoms with Crippen molar-refractivity contribution in [2.45, 2.75) is 57.6 Å². The number of hydrogen-bond donors (Lipinski definition) is 1. The van der Waals surface area contributed by atoms with Crippen molar-refractivity contribution in [2.75, 3.05) is 26.2 Å². The predicted octanol–water partition coefficient (Wildman–Crippen LogP) is 1.94. The van der Waals surface area contributed by atoms with E-state index in [1.54, 1.807) is 0 Å². The highest BCUT2D eigenvalue weighted by atomic mass is 16.5. The third-order valence-corrected chi connectivity index (χ3v) is 4.26. The molecule has 2 saturated heterocycles. The molecule has 1 atom stereocenters. The molecule has 0 radical (unpaired) electrons. The van der Waals surface area contributed by atoms with Gasteiger partial charge >= 0.3 is 12.0 Å². The number of likely N-dealkylation sites (tertiary alicyclic amines) is 1. The number of piperidine rings is 1. The van der Waals surface area contributed by atoms with Crippen LogP contribution in [0.25, 0.3) is 0 Å². The monoisotopic (exact) mass is 298 g/mol. The van der Waals surface area contributed by atoms with Crippen molar-refractivity contribution in [3.05, 3.63) is 0 Å². The average Bonchev–Trinajstić information content (AvgIpc) is 2.43. The van der Waals surface area contributed by atoms with Crippen molar-refractivity contribution < 1.29 is 19.4 Å². The van der Waals surface area contributed by atoms with Crippen LogP contribution in [-0.2, 0) is 9.53 Å². The van der Waals surface area contributed by atoms with Crippen molar-refractivity contribution >= 4 is 12.0 Å². The molecule has 0 spiro atoms. The van der Waals surface area contributed by atoms with Gasteiger partial charge in [0.15, 0.2) is 0 Å². The first kappa shape index (κ1) is 16.1. The van der Waals surface area contributed by atoms with Crippen molar-refractivity contribution in [1.29, 1.82) is 0 Å². The van der Waals surface area contributed by atoms with E-state index in [4.69, 9.17) is 9.84 Å². The Kier molecular flexibility index (Phi) is 5.08. The van der Waals surface area contributed by atoms with Crippen molar-refractivity contribution in [2.24, 2.45) is 0 Å². The summed E-state index contributed by atoms with van der Waals surface area (Å²) in [6, 6.07) is 0.106. The number of morpholine rings is 1. The summed E-state index contributed by atoms with van der Waals surface area (Å²) < 4.78 is 5.65. The molecule has 6 nitrogen and oxygen atoms in total. The maximum Gasteiger partial charge on any atom is 0.320 e. The molecule has 2 aliphatic heterocycles. The van der Waals surface area contributed by atoms with E-state index in [1.165, 1.54) is 0 Å². The number of carbonyl (C=O) groups excluding carboxylic acids is 1. The fraction of sp³-hybridized carbons (Fsp3) is 0.867. The Morgan fingerprint density at radius 2 is 2.05 bits per heavy atom. The SMILES string of the molecule is CC1(C)CN(C(=O)N2CCCCC2CCC(=O)O)CCO1. The normalized spacial score (nSPS) is 25.7. The molecule has 1 unspecified atom stereocenters. The van der Waals surface area contributed by atoms with Crippen LogP contribution in [0.5, 0.6) is 0 Å². The molecule has 2 amide bonds. The van der Waals surface area contributed by atoms with Crippen molar-refractivity contribution in [1.82, 2.24) is 9.80 Å². The lowest BCUT2D eigenvalue weighted by molar-refractivity contribution is -0.137. The lowest BCUT2D eigenvalue weighted by atomic mass is 9.98. The fourth-order valence-electron chi connectivity index (χ4n) is 3.20. The molecular weight excluding hydrogens is 272 g/mol. The van der Waals surface area contributed by atoms with Crippen LogP contribution in [-0.4, -0.2) is 64.8 Å². The summed E-state index contributed by atoms with van der Waals surface area (Å²) in [5.41, 5.74) is -0.305. The van der Waals surface area contributed by atoms with E-state index in [0.29, 0.717) is 26.1 Å². The maximum absolute atomic E-state index is 12.7. The first-order valence-electron chi connectivity index (χ1n) is 7.80. The summed E-state index contributed by atoms with van der Waals surface area (Å²) in [7, 11) is 0. The minimum atomic E-state index is -0.791. The molecule has 0 saturated carbocycles. The molecule has 0 bridgehead atoms. The van der Waals surface area contributed by atoms with Gasteiger partial charge in [0.2, 0.25) is 0 Å². The quantitative estimate of drug-likeness (QED) is 0.864. The second-order valence-corrected chi connectivity index (χ2v) is 6.59. The van der Waals surface area contributed by atoms with Crippen LogP contribution in [0, 0.1) is 0 Å². The second kappa shape index (κ2) is 6.64. The van der Waals surface area contributed by atoms with Crippen LogP contribution in [0.2, 0.25) is 0 Å². The Labute approximate surface area is 126 Å². The largest absolute Gasteiger partial charge is 0.481 e. The molecule has 120 valence electrons. The molecule has 0 aromatic heterocycles. The van der Waals surface area contributed by atoms with E-state index in [0.717, 1.165) is 25.8 Å². The zero-order valence-electron chi connectivity index (χ0n) is 13.0. The Morgan fingerprint density at radius 3 is 2.71 bits per heavy atom. The topological polar surface area (TPSA) is 70.1 Å². The summed E-state index contributed by atoms with van der Waals surface area (Å²) in [6.45, 7) is 6.49. The van der Waals surface area contributed by atoms with Gasteiger partial charge in [0.1, 0.15) is 0 Å². The molecule has 6 heteroatoms. The van der Waals surface area contributed by atoms with Crippen molar-refractivity contribution in [3.63, 3.8) is 0 Å². The van der Waals surface area contributed by atoms with Gasteiger partial charge in [-0.3, -0.25) is 4.79 Å². The summed E-state index contributed by atoms with van der Waals surface area (Å²) in [4.78, 5) is 27.3. The van der Waals surface area contributed by atoms with Crippen LogP contribution in [0.15, 0.2) is 0 Å². The third-order valence-electron chi connectivity index (χ3n) is 4.26. The number of ether oxygens (including phenoxy) is 1. The van der Waals surface area contributed by atoms with Gasteiger partial charge < -0.3 is 19.6 Å². The number of hydrogen-bond acceptors (Lipinski definition) is 3. The first-order chi connectivity index (χ1) is 9.89. The van der Waals surface area contributed by atoms with Crippen LogP contribution in [0.1, 0.15) is 46.0 Å². The number of aliphatic carboxylic acids is 1. The summed E-state index contributed by atoms with van der Waals surface area (Å²) >= 11 is 0. The van der Waals surface area contributed by atoms with Gasteiger partial charge in [-0.25, -0.2) is 4.79 Å². The minimum Gasteiger partial charge on any atom is -0.481 e. The number of urea groups is 1. The van der Waals surface area contributed by atoms with E-state index in [1.807, 2.05) is 23.6 Å².